The third kappa shape index (κ3) is 3.30. The summed E-state index contributed by atoms with van der Waals surface area (Å²) >= 11 is 0. The van der Waals surface area contributed by atoms with E-state index in [-0.39, 0.29) is 35.9 Å². The summed E-state index contributed by atoms with van der Waals surface area (Å²) in [4.78, 5) is 32.3. The van der Waals surface area contributed by atoms with Gasteiger partial charge in [-0.05, 0) is 6.92 Å². The van der Waals surface area contributed by atoms with Gasteiger partial charge in [-0.1, -0.05) is 0 Å². The minimum Gasteiger partial charge on any atom is -0.349 e. The highest BCUT2D eigenvalue weighted by Gasteiger charge is 2.28. The molecule has 2 aromatic rings. The standard InChI is InChI=1S/C11H13N7O5/c1-7-10(18(22)23)9(14-15(7)2)11(19)12-3-4-16-6-8(5-13-16)17(20)21/h5-6H,3-4H2,1-2H3,(H,12,19). The number of nitro groups is 2. The Morgan fingerprint density at radius 3 is 2.61 bits per heavy atom. The summed E-state index contributed by atoms with van der Waals surface area (Å²) < 4.78 is 2.54. The molecule has 0 aliphatic heterocycles. The SMILES string of the molecule is Cc1c([N+](=O)[O-])c(C(=O)NCCn2cc([N+](=O)[O-])cn2)nn1C. The third-order valence-corrected chi connectivity index (χ3v) is 3.16. The molecule has 0 saturated heterocycles. The molecule has 0 radical (unpaired) electrons. The van der Waals surface area contributed by atoms with Gasteiger partial charge in [-0.2, -0.15) is 10.2 Å². The van der Waals surface area contributed by atoms with E-state index in [4.69, 9.17) is 0 Å². The minimum atomic E-state index is -0.693. The van der Waals surface area contributed by atoms with Crippen LogP contribution in [-0.4, -0.2) is 41.9 Å². The second-order valence-corrected chi connectivity index (χ2v) is 4.64. The zero-order valence-electron chi connectivity index (χ0n) is 12.3. The number of carbonyl (C=O) groups is 1. The van der Waals surface area contributed by atoms with Gasteiger partial charge in [0.15, 0.2) is 0 Å². The highest BCUT2D eigenvalue weighted by atomic mass is 16.6. The van der Waals surface area contributed by atoms with Crippen LogP contribution in [0.5, 0.6) is 0 Å². The average Bonchev–Trinajstić information content (AvgIpc) is 3.05. The molecule has 12 heteroatoms. The first-order valence-corrected chi connectivity index (χ1v) is 6.44. The lowest BCUT2D eigenvalue weighted by Crippen LogP contribution is -2.28. The first-order valence-electron chi connectivity index (χ1n) is 6.44. The van der Waals surface area contributed by atoms with E-state index in [1.165, 1.54) is 29.5 Å². The van der Waals surface area contributed by atoms with E-state index >= 15 is 0 Å². The number of nitrogens with one attached hydrogen (secondary N) is 1. The molecule has 0 bridgehead atoms. The highest BCUT2D eigenvalue weighted by Crippen LogP contribution is 2.21. The van der Waals surface area contributed by atoms with Crippen molar-refractivity contribution in [2.24, 2.45) is 7.05 Å². The van der Waals surface area contributed by atoms with Crippen LogP contribution in [0, 0.1) is 27.2 Å². The Morgan fingerprint density at radius 1 is 1.35 bits per heavy atom. The van der Waals surface area contributed by atoms with Gasteiger partial charge in [0.05, 0.1) is 16.4 Å². The van der Waals surface area contributed by atoms with Crippen LogP contribution in [0.15, 0.2) is 12.4 Å². The molecule has 1 amide bonds. The summed E-state index contributed by atoms with van der Waals surface area (Å²) in [7, 11) is 1.50. The Bertz CT molecular complexity index is 778. The summed E-state index contributed by atoms with van der Waals surface area (Å²) in [6.07, 6.45) is 2.31. The molecule has 0 aliphatic carbocycles. The number of aryl methyl sites for hydroxylation is 1. The molecule has 2 aromatic heterocycles. The molecule has 1 N–H and O–H groups in total. The lowest BCUT2D eigenvalue weighted by atomic mass is 10.3. The van der Waals surface area contributed by atoms with Crippen molar-refractivity contribution in [2.75, 3.05) is 6.54 Å². The lowest BCUT2D eigenvalue weighted by molar-refractivity contribution is -0.385. The lowest BCUT2D eigenvalue weighted by Gasteiger charge is -2.03. The summed E-state index contributed by atoms with van der Waals surface area (Å²) in [6, 6.07) is 0. The van der Waals surface area contributed by atoms with E-state index in [0.29, 0.717) is 0 Å². The van der Waals surface area contributed by atoms with E-state index in [2.05, 4.69) is 15.5 Å². The summed E-state index contributed by atoms with van der Waals surface area (Å²) in [5, 5.41) is 31.6. The van der Waals surface area contributed by atoms with Crippen molar-refractivity contribution < 1.29 is 14.6 Å². The summed E-state index contributed by atoms with van der Waals surface area (Å²) in [5.41, 5.74) is -0.517. The van der Waals surface area contributed by atoms with Crippen LogP contribution in [0.1, 0.15) is 16.2 Å². The van der Waals surface area contributed by atoms with Gasteiger partial charge >= 0.3 is 11.4 Å². The van der Waals surface area contributed by atoms with Crippen molar-refractivity contribution in [1.82, 2.24) is 24.9 Å². The molecule has 2 heterocycles. The number of amides is 1. The molecule has 12 nitrogen and oxygen atoms in total. The van der Waals surface area contributed by atoms with Gasteiger partial charge in [0.2, 0.25) is 5.69 Å². The van der Waals surface area contributed by atoms with Gasteiger partial charge in [-0.15, -0.1) is 0 Å². The normalized spacial score (nSPS) is 10.5. The van der Waals surface area contributed by atoms with Gasteiger partial charge in [0.1, 0.15) is 18.1 Å². The Morgan fingerprint density at radius 2 is 2.04 bits per heavy atom. The third-order valence-electron chi connectivity index (χ3n) is 3.16. The molecule has 0 fully saturated rings. The van der Waals surface area contributed by atoms with Crippen LogP contribution >= 0.6 is 0 Å². The smallest absolute Gasteiger partial charge is 0.322 e. The zero-order chi connectivity index (χ0) is 17.1. The average molecular weight is 323 g/mol. The maximum atomic E-state index is 12.0. The van der Waals surface area contributed by atoms with E-state index in [9.17, 15) is 25.0 Å². The number of carbonyl (C=O) groups excluding carboxylic acids is 1. The van der Waals surface area contributed by atoms with Crippen LogP contribution in [0.2, 0.25) is 0 Å². The van der Waals surface area contributed by atoms with Crippen LogP contribution in [-0.2, 0) is 13.6 Å². The van der Waals surface area contributed by atoms with Crippen molar-refractivity contribution in [3.8, 4) is 0 Å². The Labute approximate surface area is 129 Å². The Hall–Kier alpha value is -3.31. The van der Waals surface area contributed by atoms with Crippen molar-refractivity contribution in [1.29, 1.82) is 0 Å². The van der Waals surface area contributed by atoms with E-state index in [1.54, 1.807) is 0 Å². The van der Waals surface area contributed by atoms with Crippen LogP contribution in [0.25, 0.3) is 0 Å². The molecule has 122 valence electrons. The number of aromatic nitrogens is 4. The molecule has 0 atom stereocenters. The van der Waals surface area contributed by atoms with Gasteiger partial charge in [0.25, 0.3) is 5.91 Å². The van der Waals surface area contributed by atoms with Crippen LogP contribution in [0.3, 0.4) is 0 Å². The molecule has 0 saturated carbocycles. The Balaban J connectivity index is 2.01. The Kier molecular flexibility index (Phi) is 4.34. The minimum absolute atomic E-state index is 0.0877. The second-order valence-electron chi connectivity index (χ2n) is 4.64. The molecular weight excluding hydrogens is 310 g/mol. The number of hydrogen-bond donors (Lipinski definition) is 1. The van der Waals surface area contributed by atoms with Gasteiger partial charge in [0, 0.05) is 13.6 Å². The van der Waals surface area contributed by atoms with Gasteiger partial charge in [-0.3, -0.25) is 34.4 Å². The first kappa shape index (κ1) is 16.1. The molecule has 0 spiro atoms. The summed E-state index contributed by atoms with van der Waals surface area (Å²) in [6.45, 7) is 1.76. The van der Waals surface area contributed by atoms with Gasteiger partial charge in [-0.25, -0.2) is 0 Å². The molecule has 0 aromatic carbocycles. The fourth-order valence-corrected chi connectivity index (χ4v) is 1.91. The molecule has 2 rings (SSSR count). The van der Waals surface area contributed by atoms with Crippen molar-refractivity contribution in [2.45, 2.75) is 13.5 Å². The predicted octanol–water partition coefficient (Wildman–Crippen LogP) is 0.171. The quantitative estimate of drug-likeness (QED) is 0.587. The number of nitrogens with zero attached hydrogens (tertiary/aromatic N) is 6. The van der Waals surface area contributed by atoms with Crippen molar-refractivity contribution >= 4 is 17.3 Å². The van der Waals surface area contributed by atoms with Gasteiger partial charge < -0.3 is 5.32 Å². The molecule has 0 unspecified atom stereocenters. The monoisotopic (exact) mass is 323 g/mol. The molecular formula is C11H13N7O5. The van der Waals surface area contributed by atoms with E-state index < -0.39 is 15.8 Å². The predicted molar refractivity (Wildman–Crippen MR) is 75.8 cm³/mol. The van der Waals surface area contributed by atoms with E-state index in [0.717, 1.165) is 6.20 Å². The number of hydrogen-bond acceptors (Lipinski definition) is 7. The molecule has 0 aliphatic rings. The van der Waals surface area contributed by atoms with Crippen LogP contribution < -0.4 is 5.32 Å². The van der Waals surface area contributed by atoms with E-state index in [1.807, 2.05) is 0 Å². The van der Waals surface area contributed by atoms with Crippen LogP contribution in [0.4, 0.5) is 11.4 Å². The van der Waals surface area contributed by atoms with Crippen molar-refractivity contribution in [3.05, 3.63) is 44.0 Å². The highest BCUT2D eigenvalue weighted by molar-refractivity contribution is 5.96. The topological polar surface area (TPSA) is 151 Å². The second kappa shape index (κ2) is 6.21. The van der Waals surface area contributed by atoms with Crippen molar-refractivity contribution in [3.63, 3.8) is 0 Å². The first-order chi connectivity index (χ1) is 10.8. The fourth-order valence-electron chi connectivity index (χ4n) is 1.91. The maximum Gasteiger partial charge on any atom is 0.322 e. The largest absolute Gasteiger partial charge is 0.349 e. The molecule has 23 heavy (non-hydrogen) atoms. The fraction of sp³-hybridized carbons (Fsp3) is 0.364. The summed E-state index contributed by atoms with van der Waals surface area (Å²) in [5.74, 6) is -0.693. The number of rotatable bonds is 6. The maximum absolute atomic E-state index is 12.0. The zero-order valence-corrected chi connectivity index (χ0v) is 12.3.